The van der Waals surface area contributed by atoms with Gasteiger partial charge in [0, 0.05) is 32.4 Å². The average molecular weight is 245 g/mol. The summed E-state index contributed by atoms with van der Waals surface area (Å²) >= 11 is 0. The molecule has 0 unspecified atom stereocenters. The van der Waals surface area contributed by atoms with Crippen molar-refractivity contribution >= 4 is 17.4 Å². The fourth-order valence-electron chi connectivity index (χ4n) is 1.50. The van der Waals surface area contributed by atoms with E-state index in [-0.39, 0.29) is 5.91 Å². The minimum atomic E-state index is -0.194. The molecular formula is C12H15N5O. The third kappa shape index (κ3) is 2.65. The SMILES string of the molecule is CN(C)c1ccc(C(=O)Nc2cnn(C)n2)cc1. The number of benzene rings is 1. The van der Waals surface area contributed by atoms with E-state index in [0.717, 1.165) is 5.69 Å². The average Bonchev–Trinajstić information content (AvgIpc) is 2.75. The summed E-state index contributed by atoms with van der Waals surface area (Å²) in [5.74, 6) is 0.250. The standard InChI is InChI=1S/C12H15N5O/c1-16(2)10-6-4-9(5-7-10)12(18)14-11-8-13-17(3)15-11/h4-8H,1-3H3,(H,14,15,18). The molecule has 0 aliphatic heterocycles. The lowest BCUT2D eigenvalue weighted by Crippen LogP contribution is -2.13. The summed E-state index contributed by atoms with van der Waals surface area (Å²) < 4.78 is 0. The Bertz CT molecular complexity index is 544. The molecule has 0 radical (unpaired) electrons. The summed E-state index contributed by atoms with van der Waals surface area (Å²) in [6, 6.07) is 7.35. The van der Waals surface area contributed by atoms with Gasteiger partial charge in [-0.3, -0.25) is 4.79 Å². The number of anilines is 2. The van der Waals surface area contributed by atoms with Crippen molar-refractivity contribution in [2.45, 2.75) is 0 Å². The van der Waals surface area contributed by atoms with Gasteiger partial charge in [-0.25, -0.2) is 0 Å². The monoisotopic (exact) mass is 245 g/mol. The fraction of sp³-hybridized carbons (Fsp3) is 0.250. The minimum absolute atomic E-state index is 0.194. The van der Waals surface area contributed by atoms with Crippen LogP contribution in [0, 0.1) is 0 Å². The Morgan fingerprint density at radius 3 is 2.44 bits per heavy atom. The van der Waals surface area contributed by atoms with Crippen molar-refractivity contribution in [3.8, 4) is 0 Å². The van der Waals surface area contributed by atoms with Crippen LogP contribution in [-0.2, 0) is 7.05 Å². The molecule has 0 bridgehead atoms. The van der Waals surface area contributed by atoms with Crippen molar-refractivity contribution in [1.82, 2.24) is 15.0 Å². The van der Waals surface area contributed by atoms with Gasteiger partial charge in [-0.2, -0.15) is 9.90 Å². The summed E-state index contributed by atoms with van der Waals surface area (Å²) in [6.45, 7) is 0. The molecule has 94 valence electrons. The lowest BCUT2D eigenvalue weighted by molar-refractivity contribution is 0.102. The summed E-state index contributed by atoms with van der Waals surface area (Å²) in [5.41, 5.74) is 1.64. The Morgan fingerprint density at radius 2 is 1.94 bits per heavy atom. The molecule has 0 spiro atoms. The van der Waals surface area contributed by atoms with Crippen molar-refractivity contribution in [3.63, 3.8) is 0 Å². The number of hydrogen-bond donors (Lipinski definition) is 1. The zero-order chi connectivity index (χ0) is 13.1. The first-order valence-corrected chi connectivity index (χ1v) is 5.51. The Balaban J connectivity index is 2.09. The molecule has 1 aromatic heterocycles. The maximum atomic E-state index is 11.9. The van der Waals surface area contributed by atoms with E-state index in [9.17, 15) is 4.79 Å². The predicted octanol–water partition coefficient (Wildman–Crippen LogP) is 1.13. The van der Waals surface area contributed by atoms with Crippen molar-refractivity contribution < 1.29 is 4.79 Å². The highest BCUT2D eigenvalue weighted by Gasteiger charge is 2.08. The molecule has 0 aliphatic rings. The number of rotatable bonds is 3. The van der Waals surface area contributed by atoms with Gasteiger partial charge in [-0.05, 0) is 24.3 Å². The van der Waals surface area contributed by atoms with E-state index < -0.39 is 0 Å². The topological polar surface area (TPSA) is 63.1 Å². The molecule has 18 heavy (non-hydrogen) atoms. The molecule has 1 heterocycles. The van der Waals surface area contributed by atoms with E-state index in [0.29, 0.717) is 11.4 Å². The van der Waals surface area contributed by atoms with Gasteiger partial charge in [0.15, 0.2) is 5.82 Å². The molecule has 0 saturated heterocycles. The molecule has 0 atom stereocenters. The highest BCUT2D eigenvalue weighted by atomic mass is 16.1. The first kappa shape index (κ1) is 12.1. The molecule has 0 fully saturated rings. The summed E-state index contributed by atoms with van der Waals surface area (Å²) in [4.78, 5) is 15.3. The minimum Gasteiger partial charge on any atom is -0.378 e. The second-order valence-corrected chi connectivity index (χ2v) is 4.11. The van der Waals surface area contributed by atoms with Crippen molar-refractivity contribution in [2.24, 2.45) is 7.05 Å². The van der Waals surface area contributed by atoms with E-state index >= 15 is 0 Å². The second-order valence-electron chi connectivity index (χ2n) is 4.11. The molecule has 1 aromatic carbocycles. The maximum Gasteiger partial charge on any atom is 0.256 e. The molecule has 1 N–H and O–H groups in total. The zero-order valence-corrected chi connectivity index (χ0v) is 10.6. The van der Waals surface area contributed by atoms with Crippen LogP contribution >= 0.6 is 0 Å². The van der Waals surface area contributed by atoms with Crippen LogP contribution in [0.2, 0.25) is 0 Å². The molecule has 0 saturated carbocycles. The number of aryl methyl sites for hydroxylation is 1. The normalized spacial score (nSPS) is 10.2. The Labute approximate surface area is 105 Å². The van der Waals surface area contributed by atoms with Crippen molar-refractivity contribution in [1.29, 1.82) is 0 Å². The third-order valence-electron chi connectivity index (χ3n) is 2.49. The molecule has 0 aliphatic carbocycles. The number of aromatic nitrogens is 3. The van der Waals surface area contributed by atoms with Crippen LogP contribution in [0.5, 0.6) is 0 Å². The van der Waals surface area contributed by atoms with E-state index in [2.05, 4.69) is 15.5 Å². The van der Waals surface area contributed by atoms with Crippen molar-refractivity contribution in [3.05, 3.63) is 36.0 Å². The van der Waals surface area contributed by atoms with Crippen LogP contribution in [0.3, 0.4) is 0 Å². The first-order valence-electron chi connectivity index (χ1n) is 5.51. The predicted molar refractivity (Wildman–Crippen MR) is 69.7 cm³/mol. The van der Waals surface area contributed by atoms with Crippen LogP contribution in [-0.4, -0.2) is 35.0 Å². The number of carbonyl (C=O) groups excluding carboxylic acids is 1. The van der Waals surface area contributed by atoms with Gasteiger partial charge in [0.1, 0.15) is 0 Å². The smallest absolute Gasteiger partial charge is 0.256 e. The first-order chi connectivity index (χ1) is 8.56. The van der Waals surface area contributed by atoms with E-state index in [1.54, 1.807) is 19.2 Å². The zero-order valence-electron chi connectivity index (χ0n) is 10.6. The number of amides is 1. The molecule has 1 amide bonds. The summed E-state index contributed by atoms with van der Waals surface area (Å²) in [7, 11) is 5.60. The number of carbonyl (C=O) groups is 1. The largest absolute Gasteiger partial charge is 0.378 e. The highest BCUT2D eigenvalue weighted by Crippen LogP contribution is 2.13. The van der Waals surface area contributed by atoms with E-state index in [1.165, 1.54) is 11.0 Å². The number of hydrogen-bond acceptors (Lipinski definition) is 4. The fourth-order valence-corrected chi connectivity index (χ4v) is 1.50. The van der Waals surface area contributed by atoms with Crippen LogP contribution in [0.15, 0.2) is 30.5 Å². The van der Waals surface area contributed by atoms with Crippen LogP contribution in [0.1, 0.15) is 10.4 Å². The Morgan fingerprint density at radius 1 is 1.28 bits per heavy atom. The van der Waals surface area contributed by atoms with Gasteiger partial charge >= 0.3 is 0 Å². The van der Waals surface area contributed by atoms with Gasteiger partial charge in [-0.1, -0.05) is 0 Å². The van der Waals surface area contributed by atoms with E-state index in [1.807, 2.05) is 31.1 Å². The van der Waals surface area contributed by atoms with Crippen LogP contribution in [0.25, 0.3) is 0 Å². The van der Waals surface area contributed by atoms with Gasteiger partial charge in [0.25, 0.3) is 5.91 Å². The molecule has 6 nitrogen and oxygen atoms in total. The second kappa shape index (κ2) is 4.87. The molecule has 2 aromatic rings. The van der Waals surface area contributed by atoms with Gasteiger partial charge in [-0.15, -0.1) is 5.10 Å². The van der Waals surface area contributed by atoms with Gasteiger partial charge < -0.3 is 10.2 Å². The summed E-state index contributed by atoms with van der Waals surface area (Å²) in [6.07, 6.45) is 1.51. The highest BCUT2D eigenvalue weighted by molar-refractivity contribution is 6.03. The van der Waals surface area contributed by atoms with Gasteiger partial charge in [0.2, 0.25) is 0 Å². The molecule has 2 rings (SSSR count). The van der Waals surface area contributed by atoms with Crippen LogP contribution < -0.4 is 10.2 Å². The number of nitrogens with one attached hydrogen (secondary N) is 1. The van der Waals surface area contributed by atoms with E-state index in [4.69, 9.17) is 0 Å². The van der Waals surface area contributed by atoms with Gasteiger partial charge in [0.05, 0.1) is 6.20 Å². The summed E-state index contributed by atoms with van der Waals surface area (Å²) in [5, 5.41) is 10.6. The Kier molecular flexibility index (Phi) is 3.27. The quantitative estimate of drug-likeness (QED) is 0.880. The molecular weight excluding hydrogens is 230 g/mol. The van der Waals surface area contributed by atoms with Crippen LogP contribution in [0.4, 0.5) is 11.5 Å². The van der Waals surface area contributed by atoms with Crippen molar-refractivity contribution in [2.75, 3.05) is 24.3 Å². The lowest BCUT2D eigenvalue weighted by atomic mass is 10.2. The molecule has 6 heteroatoms. The maximum absolute atomic E-state index is 11.9. The third-order valence-corrected chi connectivity index (χ3v) is 2.49. The Hall–Kier alpha value is -2.37. The lowest BCUT2D eigenvalue weighted by Gasteiger charge is -2.12. The number of nitrogens with zero attached hydrogens (tertiary/aromatic N) is 4.